The lowest BCUT2D eigenvalue weighted by molar-refractivity contribution is -0.161. The molecule has 0 atom stereocenters. The third-order valence-electron chi connectivity index (χ3n) is 3.37. The van der Waals surface area contributed by atoms with Crippen molar-refractivity contribution in [3.63, 3.8) is 0 Å². The van der Waals surface area contributed by atoms with Crippen LogP contribution >= 0.6 is 0 Å². The van der Waals surface area contributed by atoms with Crippen LogP contribution in [0.25, 0.3) is 0 Å². The molecule has 1 amide bonds. The normalized spacial score (nSPS) is 18.1. The molecular weight excluding hydrogens is 254 g/mol. The van der Waals surface area contributed by atoms with Crippen molar-refractivity contribution in [3.05, 3.63) is 0 Å². The van der Waals surface area contributed by atoms with Crippen molar-refractivity contribution in [2.45, 2.75) is 84.5 Å². The van der Waals surface area contributed by atoms with Gasteiger partial charge in [-0.1, -0.05) is 26.7 Å². The topological polar surface area (TPSA) is 38.8 Å². The van der Waals surface area contributed by atoms with Crippen LogP contribution in [-0.4, -0.2) is 41.4 Å². The maximum atomic E-state index is 11.9. The minimum Gasteiger partial charge on any atom is -0.444 e. The molecule has 4 heteroatoms. The molecular formula is C16H31NO3. The molecule has 4 nitrogen and oxygen atoms in total. The lowest BCUT2D eigenvalue weighted by atomic mass is 9.96. The van der Waals surface area contributed by atoms with Gasteiger partial charge in [0.2, 0.25) is 0 Å². The van der Waals surface area contributed by atoms with Gasteiger partial charge in [0.1, 0.15) is 11.2 Å². The Kier molecular flexibility index (Phi) is 5.87. The summed E-state index contributed by atoms with van der Waals surface area (Å²) < 4.78 is 11.6. The molecule has 20 heavy (non-hydrogen) atoms. The molecule has 0 N–H and O–H groups in total. The lowest BCUT2D eigenvalue weighted by Crippen LogP contribution is -2.64. The number of nitrogens with zero attached hydrogens (tertiary/aromatic N) is 1. The summed E-state index contributed by atoms with van der Waals surface area (Å²) in [5.41, 5.74) is -0.636. The summed E-state index contributed by atoms with van der Waals surface area (Å²) in [6.07, 6.45) is 4.54. The Morgan fingerprint density at radius 1 is 1.20 bits per heavy atom. The molecule has 0 radical (unpaired) electrons. The fraction of sp³-hybridized carbons (Fsp3) is 0.938. The van der Waals surface area contributed by atoms with Gasteiger partial charge in [0.05, 0.1) is 19.2 Å². The van der Waals surface area contributed by atoms with Gasteiger partial charge in [0.25, 0.3) is 0 Å². The van der Waals surface area contributed by atoms with Crippen LogP contribution < -0.4 is 0 Å². The van der Waals surface area contributed by atoms with E-state index in [-0.39, 0.29) is 11.7 Å². The fourth-order valence-electron chi connectivity index (χ4n) is 2.60. The molecule has 0 aromatic carbocycles. The van der Waals surface area contributed by atoms with Crippen LogP contribution in [0.2, 0.25) is 0 Å². The van der Waals surface area contributed by atoms with E-state index in [1.807, 2.05) is 20.8 Å². The molecule has 0 aromatic rings. The molecule has 0 aromatic heterocycles. The molecule has 0 bridgehead atoms. The Morgan fingerprint density at radius 3 is 2.10 bits per heavy atom. The predicted octanol–water partition coefficient (Wildman–Crippen LogP) is 3.98. The van der Waals surface area contributed by atoms with Crippen LogP contribution in [0.15, 0.2) is 0 Å². The quantitative estimate of drug-likeness (QED) is 0.741. The van der Waals surface area contributed by atoms with E-state index in [0.29, 0.717) is 19.2 Å². The second-order valence-corrected chi connectivity index (χ2v) is 7.10. The molecule has 1 saturated heterocycles. The zero-order valence-corrected chi connectivity index (χ0v) is 14.0. The monoisotopic (exact) mass is 285 g/mol. The third kappa shape index (κ3) is 5.31. The van der Waals surface area contributed by atoms with Crippen molar-refractivity contribution in [1.82, 2.24) is 4.90 Å². The third-order valence-corrected chi connectivity index (χ3v) is 3.37. The van der Waals surface area contributed by atoms with Gasteiger partial charge in [-0.3, -0.25) is 0 Å². The van der Waals surface area contributed by atoms with Crippen molar-refractivity contribution in [3.8, 4) is 0 Å². The second-order valence-electron chi connectivity index (χ2n) is 7.10. The van der Waals surface area contributed by atoms with Gasteiger partial charge in [-0.2, -0.15) is 0 Å². The van der Waals surface area contributed by atoms with Gasteiger partial charge in [-0.15, -0.1) is 0 Å². The highest BCUT2D eigenvalue weighted by Gasteiger charge is 2.45. The van der Waals surface area contributed by atoms with Crippen LogP contribution in [0.3, 0.4) is 0 Å². The van der Waals surface area contributed by atoms with Gasteiger partial charge < -0.3 is 14.4 Å². The van der Waals surface area contributed by atoms with E-state index in [2.05, 4.69) is 20.8 Å². The highest BCUT2D eigenvalue weighted by Crippen LogP contribution is 2.29. The zero-order chi connectivity index (χ0) is 15.4. The first kappa shape index (κ1) is 17.3. The average molecular weight is 285 g/mol. The zero-order valence-electron chi connectivity index (χ0n) is 14.0. The lowest BCUT2D eigenvalue weighted by Gasteiger charge is -2.48. The Bertz CT molecular complexity index is 310. The van der Waals surface area contributed by atoms with Gasteiger partial charge >= 0.3 is 6.09 Å². The van der Waals surface area contributed by atoms with Crippen molar-refractivity contribution in [2.24, 2.45) is 0 Å². The Morgan fingerprint density at radius 2 is 1.70 bits per heavy atom. The number of carbonyl (C=O) groups is 1. The van der Waals surface area contributed by atoms with Crippen LogP contribution in [0.1, 0.15) is 67.2 Å². The SMILES string of the molecule is CCCC(CCC)OC1(C)CN(C(=O)OC(C)(C)C)C1. The van der Waals surface area contributed by atoms with E-state index in [9.17, 15) is 4.79 Å². The first-order valence-corrected chi connectivity index (χ1v) is 7.85. The largest absolute Gasteiger partial charge is 0.444 e. The first-order chi connectivity index (χ1) is 9.19. The first-order valence-electron chi connectivity index (χ1n) is 7.85. The van der Waals surface area contributed by atoms with Crippen molar-refractivity contribution in [2.75, 3.05) is 13.1 Å². The number of carbonyl (C=O) groups excluding carboxylic acids is 1. The number of ether oxygens (including phenoxy) is 2. The van der Waals surface area contributed by atoms with Crippen molar-refractivity contribution < 1.29 is 14.3 Å². The second kappa shape index (κ2) is 6.79. The van der Waals surface area contributed by atoms with E-state index >= 15 is 0 Å². The Hall–Kier alpha value is -0.770. The standard InChI is InChI=1S/C16H31NO3/c1-7-9-13(10-8-2)19-16(6)11-17(12-16)14(18)20-15(3,4)5/h13H,7-12H2,1-6H3. The van der Waals surface area contributed by atoms with Crippen molar-refractivity contribution >= 4 is 6.09 Å². The van der Waals surface area contributed by atoms with Gasteiger partial charge in [0.15, 0.2) is 0 Å². The molecule has 0 spiro atoms. The van der Waals surface area contributed by atoms with E-state index in [0.717, 1.165) is 25.7 Å². The number of rotatable bonds is 6. The van der Waals surface area contributed by atoms with Crippen LogP contribution in [0, 0.1) is 0 Å². The summed E-state index contributed by atoms with van der Waals surface area (Å²) in [5, 5.41) is 0. The van der Waals surface area contributed by atoms with Gasteiger partial charge in [0, 0.05) is 0 Å². The summed E-state index contributed by atoms with van der Waals surface area (Å²) in [7, 11) is 0. The molecule has 0 unspecified atom stereocenters. The number of likely N-dealkylation sites (tertiary alicyclic amines) is 1. The molecule has 0 saturated carbocycles. The van der Waals surface area contributed by atoms with E-state index in [1.54, 1.807) is 4.90 Å². The minimum absolute atomic E-state index is 0.202. The molecule has 118 valence electrons. The highest BCUT2D eigenvalue weighted by atomic mass is 16.6. The average Bonchev–Trinajstić information content (AvgIpc) is 2.23. The maximum Gasteiger partial charge on any atom is 0.410 e. The van der Waals surface area contributed by atoms with Crippen LogP contribution in [0.4, 0.5) is 4.79 Å². The molecule has 1 aliphatic rings. The number of hydrogen-bond acceptors (Lipinski definition) is 3. The molecule has 0 aliphatic carbocycles. The van der Waals surface area contributed by atoms with Crippen LogP contribution in [-0.2, 0) is 9.47 Å². The number of hydrogen-bond donors (Lipinski definition) is 0. The summed E-state index contributed by atoms with van der Waals surface area (Å²) in [6, 6.07) is 0. The number of amides is 1. The predicted molar refractivity (Wildman–Crippen MR) is 80.9 cm³/mol. The maximum absolute atomic E-state index is 11.9. The Balaban J connectivity index is 2.42. The smallest absolute Gasteiger partial charge is 0.410 e. The summed E-state index contributed by atoms with van der Waals surface area (Å²) in [4.78, 5) is 13.6. The molecule has 1 aliphatic heterocycles. The summed E-state index contributed by atoms with van der Waals surface area (Å²) in [6.45, 7) is 13.4. The van der Waals surface area contributed by atoms with E-state index < -0.39 is 5.60 Å². The van der Waals surface area contributed by atoms with Crippen LogP contribution in [0.5, 0.6) is 0 Å². The van der Waals surface area contributed by atoms with Gasteiger partial charge in [-0.05, 0) is 40.5 Å². The van der Waals surface area contributed by atoms with Gasteiger partial charge in [-0.25, -0.2) is 4.79 Å². The Labute approximate surface area is 123 Å². The fourth-order valence-corrected chi connectivity index (χ4v) is 2.60. The summed E-state index contributed by atoms with van der Waals surface area (Å²) in [5.74, 6) is 0. The van der Waals surface area contributed by atoms with Crippen molar-refractivity contribution in [1.29, 1.82) is 0 Å². The minimum atomic E-state index is -0.434. The molecule has 1 heterocycles. The highest BCUT2D eigenvalue weighted by molar-refractivity contribution is 5.69. The van der Waals surface area contributed by atoms with E-state index in [1.165, 1.54) is 0 Å². The molecule has 1 fully saturated rings. The molecule has 1 rings (SSSR count). The summed E-state index contributed by atoms with van der Waals surface area (Å²) >= 11 is 0. The van der Waals surface area contributed by atoms with E-state index in [4.69, 9.17) is 9.47 Å².